The van der Waals surface area contributed by atoms with Crippen molar-refractivity contribution in [3.05, 3.63) is 64.7 Å². The minimum absolute atomic E-state index is 0.227. The van der Waals surface area contributed by atoms with Crippen LogP contribution < -0.4 is 10.2 Å². The van der Waals surface area contributed by atoms with Crippen LogP contribution in [-0.4, -0.2) is 19.2 Å². The number of rotatable bonds is 4. The van der Waals surface area contributed by atoms with Crippen LogP contribution in [0.15, 0.2) is 47.6 Å². The maximum absolute atomic E-state index is 11.8. The Balaban J connectivity index is 2.09. The average Bonchev–Trinajstić information content (AvgIpc) is 2.52. The summed E-state index contributed by atoms with van der Waals surface area (Å²) in [7, 11) is 1.65. The number of carbonyl (C=O) groups is 1. The third-order valence-electron chi connectivity index (χ3n) is 3.40. The van der Waals surface area contributed by atoms with Gasteiger partial charge in [-0.1, -0.05) is 18.2 Å². The zero-order valence-corrected chi connectivity index (χ0v) is 12.4. The number of hydrogen-bond acceptors (Lipinski definition) is 3. The first kappa shape index (κ1) is 14.8. The molecule has 2 aromatic carbocycles. The number of nitrogens with one attached hydrogen (secondary N) is 1. The van der Waals surface area contributed by atoms with Gasteiger partial charge in [-0.05, 0) is 54.8 Å². The molecule has 0 aliphatic carbocycles. The fraction of sp³-hybridized carbons (Fsp3) is 0.176. The highest BCUT2D eigenvalue weighted by molar-refractivity contribution is 5.95. The van der Waals surface area contributed by atoms with Crippen molar-refractivity contribution in [3.8, 4) is 5.75 Å². The smallest absolute Gasteiger partial charge is 0.271 e. The number of amides is 1. The van der Waals surface area contributed by atoms with Crippen molar-refractivity contribution in [3.63, 3.8) is 0 Å². The van der Waals surface area contributed by atoms with Crippen LogP contribution in [0.4, 0.5) is 0 Å². The molecular formula is C17H18N2O2. The largest absolute Gasteiger partial charge is 0.496 e. The molecule has 0 spiro atoms. The van der Waals surface area contributed by atoms with Gasteiger partial charge < -0.3 is 4.74 Å². The second kappa shape index (κ2) is 6.70. The molecule has 0 bridgehead atoms. The number of ether oxygens (including phenoxy) is 1. The summed E-state index contributed by atoms with van der Waals surface area (Å²) in [6.45, 7) is 3.99. The van der Waals surface area contributed by atoms with Gasteiger partial charge in [-0.2, -0.15) is 5.10 Å². The fourth-order valence-electron chi connectivity index (χ4n) is 1.99. The van der Waals surface area contributed by atoms with E-state index in [0.29, 0.717) is 5.56 Å². The molecule has 108 valence electrons. The lowest BCUT2D eigenvalue weighted by molar-refractivity contribution is 0.0955. The molecule has 4 nitrogen and oxygen atoms in total. The number of hydrazone groups is 1. The van der Waals surface area contributed by atoms with Gasteiger partial charge in [0.05, 0.1) is 13.3 Å². The molecule has 1 amide bonds. The lowest BCUT2D eigenvalue weighted by atomic mass is 10.0. The predicted molar refractivity (Wildman–Crippen MR) is 84.0 cm³/mol. The van der Waals surface area contributed by atoms with Crippen molar-refractivity contribution in [1.82, 2.24) is 5.43 Å². The summed E-state index contributed by atoms with van der Waals surface area (Å²) in [4.78, 5) is 11.8. The first-order chi connectivity index (χ1) is 10.1. The first-order valence-corrected chi connectivity index (χ1v) is 6.66. The Morgan fingerprint density at radius 3 is 2.48 bits per heavy atom. The van der Waals surface area contributed by atoms with E-state index in [1.807, 2.05) is 44.2 Å². The van der Waals surface area contributed by atoms with E-state index >= 15 is 0 Å². The summed E-state index contributed by atoms with van der Waals surface area (Å²) in [5, 5.41) is 4.01. The number of hydrogen-bond donors (Lipinski definition) is 1. The monoisotopic (exact) mass is 282 g/mol. The molecule has 2 rings (SSSR count). The molecule has 0 aliphatic heterocycles. The Labute approximate surface area is 124 Å². The van der Waals surface area contributed by atoms with Crippen LogP contribution in [0.3, 0.4) is 0 Å². The second-order valence-electron chi connectivity index (χ2n) is 4.67. The van der Waals surface area contributed by atoms with E-state index in [0.717, 1.165) is 22.4 Å². The Hall–Kier alpha value is -2.62. The van der Waals surface area contributed by atoms with E-state index in [2.05, 4.69) is 10.5 Å². The second-order valence-corrected chi connectivity index (χ2v) is 4.67. The van der Waals surface area contributed by atoms with Gasteiger partial charge in [0, 0.05) is 5.56 Å². The minimum atomic E-state index is -0.227. The zero-order valence-electron chi connectivity index (χ0n) is 12.4. The molecule has 1 N–H and O–H groups in total. The molecule has 0 fully saturated rings. The topological polar surface area (TPSA) is 50.7 Å². The van der Waals surface area contributed by atoms with Gasteiger partial charge >= 0.3 is 0 Å². The SMILES string of the molecule is COc1ccc(/C=N/NC(=O)c2ccccc2)c(C)c1C. The summed E-state index contributed by atoms with van der Waals surface area (Å²) < 4.78 is 5.27. The van der Waals surface area contributed by atoms with E-state index in [1.54, 1.807) is 25.5 Å². The summed E-state index contributed by atoms with van der Waals surface area (Å²) >= 11 is 0. The third kappa shape index (κ3) is 3.48. The van der Waals surface area contributed by atoms with Crippen LogP contribution >= 0.6 is 0 Å². The maximum Gasteiger partial charge on any atom is 0.271 e. The molecule has 0 aliphatic rings. The highest BCUT2D eigenvalue weighted by Gasteiger charge is 2.05. The molecule has 0 saturated carbocycles. The Morgan fingerprint density at radius 1 is 1.10 bits per heavy atom. The number of methoxy groups -OCH3 is 1. The van der Waals surface area contributed by atoms with Crippen molar-refractivity contribution in [1.29, 1.82) is 0 Å². The Morgan fingerprint density at radius 2 is 1.81 bits per heavy atom. The van der Waals surface area contributed by atoms with Crippen LogP contribution in [0.5, 0.6) is 5.75 Å². The van der Waals surface area contributed by atoms with Crippen molar-refractivity contribution < 1.29 is 9.53 Å². The molecule has 0 saturated heterocycles. The van der Waals surface area contributed by atoms with Crippen molar-refractivity contribution in [2.24, 2.45) is 5.10 Å². The van der Waals surface area contributed by atoms with E-state index in [1.165, 1.54) is 0 Å². The lowest BCUT2D eigenvalue weighted by Crippen LogP contribution is -2.17. The van der Waals surface area contributed by atoms with Crippen LogP contribution in [0.1, 0.15) is 27.0 Å². The quantitative estimate of drug-likeness (QED) is 0.692. The van der Waals surface area contributed by atoms with E-state index in [9.17, 15) is 4.79 Å². The summed E-state index contributed by atoms with van der Waals surface area (Å²) in [6, 6.07) is 12.8. The van der Waals surface area contributed by atoms with E-state index < -0.39 is 0 Å². The number of benzene rings is 2. The van der Waals surface area contributed by atoms with Gasteiger partial charge in [0.15, 0.2) is 0 Å². The van der Waals surface area contributed by atoms with Crippen LogP contribution in [-0.2, 0) is 0 Å². The fourth-order valence-corrected chi connectivity index (χ4v) is 1.99. The molecule has 0 radical (unpaired) electrons. The van der Waals surface area contributed by atoms with Gasteiger partial charge in [-0.3, -0.25) is 4.79 Å². The van der Waals surface area contributed by atoms with Crippen LogP contribution in [0.25, 0.3) is 0 Å². The third-order valence-corrected chi connectivity index (χ3v) is 3.40. The van der Waals surface area contributed by atoms with Gasteiger partial charge in [-0.15, -0.1) is 0 Å². The molecule has 2 aromatic rings. The highest BCUT2D eigenvalue weighted by atomic mass is 16.5. The van der Waals surface area contributed by atoms with Crippen LogP contribution in [0, 0.1) is 13.8 Å². The van der Waals surface area contributed by atoms with Gasteiger partial charge in [-0.25, -0.2) is 5.43 Å². The molecular weight excluding hydrogens is 264 g/mol. The first-order valence-electron chi connectivity index (χ1n) is 6.66. The average molecular weight is 282 g/mol. The summed E-state index contributed by atoms with van der Waals surface area (Å²) in [5.74, 6) is 0.618. The molecule has 21 heavy (non-hydrogen) atoms. The van der Waals surface area contributed by atoms with Gasteiger partial charge in [0.1, 0.15) is 5.75 Å². The number of carbonyl (C=O) groups excluding carboxylic acids is 1. The Bertz CT molecular complexity index is 664. The molecule has 0 unspecified atom stereocenters. The minimum Gasteiger partial charge on any atom is -0.496 e. The van der Waals surface area contributed by atoms with Gasteiger partial charge in [0.25, 0.3) is 5.91 Å². The van der Waals surface area contributed by atoms with Crippen molar-refractivity contribution in [2.45, 2.75) is 13.8 Å². The normalized spacial score (nSPS) is 10.6. The standard InChI is InChI=1S/C17H18N2O2/c1-12-13(2)16(21-3)10-9-15(12)11-18-19-17(20)14-7-5-4-6-8-14/h4-11H,1-3H3,(H,19,20)/b18-11+. The summed E-state index contributed by atoms with van der Waals surface area (Å²) in [6.07, 6.45) is 1.64. The molecule has 0 aromatic heterocycles. The highest BCUT2D eigenvalue weighted by Crippen LogP contribution is 2.22. The summed E-state index contributed by atoms with van der Waals surface area (Å²) in [5.41, 5.74) is 6.19. The predicted octanol–water partition coefficient (Wildman–Crippen LogP) is 3.08. The van der Waals surface area contributed by atoms with Crippen LogP contribution in [0.2, 0.25) is 0 Å². The number of nitrogens with zero attached hydrogens (tertiary/aromatic N) is 1. The molecule has 4 heteroatoms. The van der Waals surface area contributed by atoms with Gasteiger partial charge in [0.2, 0.25) is 0 Å². The van der Waals surface area contributed by atoms with E-state index in [4.69, 9.17) is 4.74 Å². The van der Waals surface area contributed by atoms with Crippen molar-refractivity contribution in [2.75, 3.05) is 7.11 Å². The lowest BCUT2D eigenvalue weighted by Gasteiger charge is -2.09. The Kier molecular flexibility index (Phi) is 4.72. The van der Waals surface area contributed by atoms with Crippen molar-refractivity contribution >= 4 is 12.1 Å². The van der Waals surface area contributed by atoms with E-state index in [-0.39, 0.29) is 5.91 Å². The molecule has 0 atom stereocenters. The molecule has 0 heterocycles. The zero-order chi connectivity index (χ0) is 15.2. The maximum atomic E-state index is 11.8.